The summed E-state index contributed by atoms with van der Waals surface area (Å²) >= 11 is 0. The van der Waals surface area contributed by atoms with Crippen LogP contribution in [0.5, 0.6) is 11.7 Å². The molecule has 3 rings (SSSR count). The van der Waals surface area contributed by atoms with Crippen LogP contribution in [0.1, 0.15) is 11.3 Å². The van der Waals surface area contributed by atoms with Crippen LogP contribution in [0.2, 0.25) is 0 Å². The van der Waals surface area contributed by atoms with Crippen molar-refractivity contribution < 1.29 is 19.0 Å². The van der Waals surface area contributed by atoms with Crippen molar-refractivity contribution in [1.29, 1.82) is 5.41 Å². The molecule has 3 N–H and O–H groups in total. The second kappa shape index (κ2) is 4.20. The van der Waals surface area contributed by atoms with Gasteiger partial charge >= 0.3 is 0 Å². The predicted molar refractivity (Wildman–Crippen MR) is 68.8 cm³/mol. The highest BCUT2D eigenvalue weighted by Crippen LogP contribution is 2.33. The Morgan fingerprint density at radius 1 is 1.21 bits per heavy atom. The minimum atomic E-state index is -0.322. The molecule has 0 aliphatic carbocycles. The molecule has 2 aromatic heterocycles. The summed E-state index contributed by atoms with van der Waals surface area (Å²) in [7, 11) is 0. The van der Waals surface area contributed by atoms with Crippen molar-refractivity contribution in [2.24, 2.45) is 0 Å². The lowest BCUT2D eigenvalue weighted by molar-refractivity contribution is 0.345. The number of aromatic hydroxyl groups is 2. The molecule has 0 saturated heterocycles. The normalized spacial score (nSPS) is 10.9. The van der Waals surface area contributed by atoms with E-state index in [1.165, 1.54) is 18.4 Å². The van der Waals surface area contributed by atoms with Gasteiger partial charge in [0, 0.05) is 11.8 Å². The van der Waals surface area contributed by atoms with Crippen LogP contribution in [-0.4, -0.2) is 15.9 Å². The molecule has 0 radical (unpaired) electrons. The zero-order chi connectivity index (χ0) is 13.4. The topological polar surface area (TPSA) is 90.6 Å². The zero-order valence-corrected chi connectivity index (χ0v) is 9.88. The standard InChI is InChI=1S/C14H11NO4/c15-11(7-9-2-1-5-18-9)13-10-6-8(16)3-4-12(10)19-14(13)17/h1-6,15-17H,7H2. The van der Waals surface area contributed by atoms with Gasteiger partial charge in [-0.3, -0.25) is 0 Å². The van der Waals surface area contributed by atoms with Crippen molar-refractivity contribution in [1.82, 2.24) is 0 Å². The Labute approximate surface area is 108 Å². The predicted octanol–water partition coefficient (Wildman–Crippen LogP) is 3.05. The van der Waals surface area contributed by atoms with E-state index in [2.05, 4.69) is 0 Å². The van der Waals surface area contributed by atoms with Crippen LogP contribution in [0.4, 0.5) is 0 Å². The Hall–Kier alpha value is -2.69. The molecule has 19 heavy (non-hydrogen) atoms. The first kappa shape index (κ1) is 11.4. The van der Waals surface area contributed by atoms with Gasteiger partial charge in [0.15, 0.2) is 0 Å². The first-order chi connectivity index (χ1) is 9.15. The van der Waals surface area contributed by atoms with Crippen molar-refractivity contribution in [3.63, 3.8) is 0 Å². The number of benzene rings is 1. The number of fused-ring (bicyclic) bond motifs is 1. The third-order valence-corrected chi connectivity index (χ3v) is 2.89. The van der Waals surface area contributed by atoms with Gasteiger partial charge in [0.05, 0.1) is 17.5 Å². The molecule has 5 heteroatoms. The third kappa shape index (κ3) is 1.95. The molecule has 0 spiro atoms. The molecule has 0 bridgehead atoms. The van der Waals surface area contributed by atoms with Gasteiger partial charge in [-0.1, -0.05) is 0 Å². The Morgan fingerprint density at radius 3 is 2.79 bits per heavy atom. The second-order valence-electron chi connectivity index (χ2n) is 4.20. The number of hydrogen-bond donors (Lipinski definition) is 3. The van der Waals surface area contributed by atoms with E-state index in [4.69, 9.17) is 14.2 Å². The summed E-state index contributed by atoms with van der Waals surface area (Å²) < 4.78 is 10.3. The number of furan rings is 2. The van der Waals surface area contributed by atoms with E-state index in [0.29, 0.717) is 16.7 Å². The van der Waals surface area contributed by atoms with Gasteiger partial charge in [-0.25, -0.2) is 0 Å². The van der Waals surface area contributed by atoms with Crippen molar-refractivity contribution >= 4 is 16.7 Å². The van der Waals surface area contributed by atoms with Gasteiger partial charge in [-0.2, -0.15) is 0 Å². The van der Waals surface area contributed by atoms with Crippen molar-refractivity contribution in [2.45, 2.75) is 6.42 Å². The molecule has 0 aliphatic rings. The smallest absolute Gasteiger partial charge is 0.292 e. The monoisotopic (exact) mass is 257 g/mol. The molecule has 0 atom stereocenters. The van der Waals surface area contributed by atoms with Crippen LogP contribution in [0.25, 0.3) is 11.0 Å². The van der Waals surface area contributed by atoms with Crippen LogP contribution < -0.4 is 0 Å². The molecule has 0 saturated carbocycles. The summed E-state index contributed by atoms with van der Waals surface area (Å²) in [6.07, 6.45) is 1.77. The molecule has 5 nitrogen and oxygen atoms in total. The van der Waals surface area contributed by atoms with E-state index in [1.54, 1.807) is 18.2 Å². The van der Waals surface area contributed by atoms with Gasteiger partial charge in [0.2, 0.25) is 0 Å². The SMILES string of the molecule is N=C(Cc1ccco1)c1c(O)oc2ccc(O)cc12. The van der Waals surface area contributed by atoms with Crippen molar-refractivity contribution in [3.8, 4) is 11.7 Å². The average Bonchev–Trinajstić information content (AvgIpc) is 2.95. The van der Waals surface area contributed by atoms with E-state index in [1.807, 2.05) is 0 Å². The maximum absolute atomic E-state index is 9.80. The van der Waals surface area contributed by atoms with Crippen LogP contribution in [0, 0.1) is 5.41 Å². The lowest BCUT2D eigenvalue weighted by Crippen LogP contribution is -2.02. The molecule has 0 amide bonds. The lowest BCUT2D eigenvalue weighted by atomic mass is 10.0. The van der Waals surface area contributed by atoms with Gasteiger partial charge in [-0.15, -0.1) is 0 Å². The summed E-state index contributed by atoms with van der Waals surface area (Å²) in [5.74, 6) is 0.358. The minimum Gasteiger partial charge on any atom is -0.508 e. The van der Waals surface area contributed by atoms with E-state index in [-0.39, 0.29) is 29.4 Å². The quantitative estimate of drug-likeness (QED) is 0.629. The summed E-state index contributed by atoms with van der Waals surface area (Å²) in [5, 5.41) is 27.9. The van der Waals surface area contributed by atoms with Crippen molar-refractivity contribution in [3.05, 3.63) is 47.9 Å². The average molecular weight is 257 g/mol. The third-order valence-electron chi connectivity index (χ3n) is 2.89. The Balaban J connectivity index is 2.06. The van der Waals surface area contributed by atoms with Crippen molar-refractivity contribution in [2.75, 3.05) is 0 Å². The largest absolute Gasteiger partial charge is 0.508 e. The summed E-state index contributed by atoms with van der Waals surface area (Å²) in [6.45, 7) is 0. The van der Waals surface area contributed by atoms with Gasteiger partial charge < -0.3 is 24.5 Å². The number of rotatable bonds is 3. The maximum Gasteiger partial charge on any atom is 0.292 e. The zero-order valence-electron chi connectivity index (χ0n) is 9.88. The number of nitrogens with one attached hydrogen (secondary N) is 1. The van der Waals surface area contributed by atoms with Crippen LogP contribution in [0.15, 0.2) is 45.4 Å². The highest BCUT2D eigenvalue weighted by Gasteiger charge is 2.19. The number of phenols is 1. The first-order valence-electron chi connectivity index (χ1n) is 5.70. The Morgan fingerprint density at radius 2 is 2.05 bits per heavy atom. The molecule has 0 fully saturated rings. The fraction of sp³-hybridized carbons (Fsp3) is 0.0714. The fourth-order valence-corrected chi connectivity index (χ4v) is 2.04. The van der Waals surface area contributed by atoms with Gasteiger partial charge in [-0.05, 0) is 30.3 Å². The lowest BCUT2D eigenvalue weighted by Gasteiger charge is -2.00. The summed E-state index contributed by atoms with van der Waals surface area (Å²) in [5.41, 5.74) is 0.869. The summed E-state index contributed by atoms with van der Waals surface area (Å²) in [6, 6.07) is 7.97. The van der Waals surface area contributed by atoms with Crippen LogP contribution in [-0.2, 0) is 6.42 Å². The highest BCUT2D eigenvalue weighted by atomic mass is 16.5. The Bertz CT molecular complexity index is 740. The maximum atomic E-state index is 9.80. The number of hydrogen-bond acceptors (Lipinski definition) is 5. The second-order valence-corrected chi connectivity index (χ2v) is 4.20. The molecular weight excluding hydrogens is 246 g/mol. The van der Waals surface area contributed by atoms with E-state index >= 15 is 0 Å². The van der Waals surface area contributed by atoms with Crippen LogP contribution in [0.3, 0.4) is 0 Å². The highest BCUT2D eigenvalue weighted by molar-refractivity contribution is 6.11. The molecule has 0 aliphatic heterocycles. The number of phenolic OH excluding ortho intramolecular Hbond substituents is 1. The van der Waals surface area contributed by atoms with E-state index < -0.39 is 0 Å². The minimum absolute atomic E-state index is 0.0559. The summed E-state index contributed by atoms with van der Waals surface area (Å²) in [4.78, 5) is 0. The first-order valence-corrected chi connectivity index (χ1v) is 5.70. The molecule has 2 heterocycles. The van der Waals surface area contributed by atoms with E-state index in [9.17, 15) is 10.2 Å². The van der Waals surface area contributed by atoms with E-state index in [0.717, 1.165) is 0 Å². The van der Waals surface area contributed by atoms with Gasteiger partial charge in [0.25, 0.3) is 5.95 Å². The molecule has 1 aromatic carbocycles. The molecule has 96 valence electrons. The molecule has 3 aromatic rings. The Kier molecular flexibility index (Phi) is 2.52. The molecular formula is C14H11NO4. The van der Waals surface area contributed by atoms with Gasteiger partial charge in [0.1, 0.15) is 17.1 Å². The molecule has 0 unspecified atom stereocenters. The van der Waals surface area contributed by atoms with Crippen LogP contribution >= 0.6 is 0 Å². The fourth-order valence-electron chi connectivity index (χ4n) is 2.04.